The summed E-state index contributed by atoms with van der Waals surface area (Å²) < 4.78 is 0. The third-order valence-corrected chi connectivity index (χ3v) is 3.42. The highest BCUT2D eigenvalue weighted by Gasteiger charge is 2.34. The van der Waals surface area contributed by atoms with Gasteiger partial charge in [-0.2, -0.15) is 0 Å². The summed E-state index contributed by atoms with van der Waals surface area (Å²) in [6.07, 6.45) is 0. The van der Waals surface area contributed by atoms with Crippen LogP contribution in [0.15, 0.2) is 30.3 Å². The normalized spacial score (nSPS) is 13.1. The number of carbonyl (C=O) groups excluding carboxylic acids is 2. The van der Waals surface area contributed by atoms with Gasteiger partial charge in [0, 0.05) is 16.7 Å². The second kappa shape index (κ2) is 4.18. The van der Waals surface area contributed by atoms with Crippen LogP contribution in [0.5, 0.6) is 11.5 Å². The molecule has 0 unspecified atom stereocenters. The molecule has 5 nitrogen and oxygen atoms in total. The standard InChI is InChI=1S/C15H10O5/c16-6-7-4-5-9-12(13(7)18)15(20)11-8(14(9)19)2-1-3-10(11)17/h1-5,16-18H,6H2. The van der Waals surface area contributed by atoms with Gasteiger partial charge in [-0.25, -0.2) is 0 Å². The smallest absolute Gasteiger partial charge is 0.201 e. The van der Waals surface area contributed by atoms with Gasteiger partial charge in [0.2, 0.25) is 5.78 Å². The molecule has 0 heterocycles. The Hall–Kier alpha value is -2.66. The summed E-state index contributed by atoms with van der Waals surface area (Å²) >= 11 is 0. The fourth-order valence-electron chi connectivity index (χ4n) is 2.42. The highest BCUT2D eigenvalue weighted by molar-refractivity contribution is 6.30. The van der Waals surface area contributed by atoms with Crippen molar-refractivity contribution in [2.24, 2.45) is 0 Å². The highest BCUT2D eigenvalue weighted by Crippen LogP contribution is 2.37. The van der Waals surface area contributed by atoms with Crippen LogP contribution in [0.4, 0.5) is 0 Å². The van der Waals surface area contributed by atoms with Crippen LogP contribution >= 0.6 is 0 Å². The molecule has 0 radical (unpaired) electrons. The number of phenols is 2. The molecule has 0 aliphatic heterocycles. The van der Waals surface area contributed by atoms with E-state index in [0.29, 0.717) is 0 Å². The van der Waals surface area contributed by atoms with Gasteiger partial charge in [-0.3, -0.25) is 9.59 Å². The van der Waals surface area contributed by atoms with Gasteiger partial charge in [-0.1, -0.05) is 18.2 Å². The van der Waals surface area contributed by atoms with Gasteiger partial charge in [0.25, 0.3) is 0 Å². The van der Waals surface area contributed by atoms with Crippen molar-refractivity contribution in [3.05, 3.63) is 58.1 Å². The molecule has 0 fully saturated rings. The molecule has 0 saturated heterocycles. The van der Waals surface area contributed by atoms with Crippen LogP contribution in [-0.2, 0) is 6.61 Å². The number of hydrogen-bond donors (Lipinski definition) is 3. The molecule has 0 spiro atoms. The van der Waals surface area contributed by atoms with E-state index in [1.165, 1.54) is 30.3 Å². The molecule has 0 bridgehead atoms. The molecule has 3 N–H and O–H groups in total. The van der Waals surface area contributed by atoms with E-state index in [1.54, 1.807) is 0 Å². The lowest BCUT2D eigenvalue weighted by molar-refractivity contribution is 0.0974. The SMILES string of the molecule is O=C1c2cccc(O)c2C(=O)c2c1ccc(CO)c2O. The Kier molecular flexibility index (Phi) is 2.59. The summed E-state index contributed by atoms with van der Waals surface area (Å²) in [4.78, 5) is 24.7. The third-order valence-electron chi connectivity index (χ3n) is 3.42. The molecule has 3 rings (SSSR count). The zero-order valence-electron chi connectivity index (χ0n) is 10.3. The number of rotatable bonds is 1. The largest absolute Gasteiger partial charge is 0.507 e. The van der Waals surface area contributed by atoms with Gasteiger partial charge in [0.1, 0.15) is 11.5 Å². The van der Waals surface area contributed by atoms with E-state index in [0.717, 1.165) is 0 Å². The lowest BCUT2D eigenvalue weighted by Crippen LogP contribution is -2.21. The average Bonchev–Trinajstić information content (AvgIpc) is 2.44. The summed E-state index contributed by atoms with van der Waals surface area (Å²) in [7, 11) is 0. The maximum absolute atomic E-state index is 12.4. The Morgan fingerprint density at radius 3 is 2.25 bits per heavy atom. The summed E-state index contributed by atoms with van der Waals surface area (Å²) in [5.41, 5.74) is 0.0520. The molecule has 0 atom stereocenters. The Labute approximate surface area is 113 Å². The van der Waals surface area contributed by atoms with Crippen LogP contribution in [0.2, 0.25) is 0 Å². The summed E-state index contributed by atoms with van der Waals surface area (Å²) in [6, 6.07) is 7.03. The summed E-state index contributed by atoms with van der Waals surface area (Å²) in [6.45, 7) is -0.450. The first kappa shape index (κ1) is 12.4. The minimum Gasteiger partial charge on any atom is -0.507 e. The zero-order chi connectivity index (χ0) is 14.4. The van der Waals surface area contributed by atoms with Crippen molar-refractivity contribution >= 4 is 11.6 Å². The van der Waals surface area contributed by atoms with Gasteiger partial charge >= 0.3 is 0 Å². The van der Waals surface area contributed by atoms with Gasteiger partial charge in [0.05, 0.1) is 17.7 Å². The quantitative estimate of drug-likeness (QED) is 0.620. The van der Waals surface area contributed by atoms with Crippen molar-refractivity contribution in [2.45, 2.75) is 6.61 Å². The first-order valence-electron chi connectivity index (χ1n) is 5.93. The number of carbonyl (C=O) groups is 2. The second-order valence-corrected chi connectivity index (χ2v) is 4.51. The first-order chi connectivity index (χ1) is 9.56. The Morgan fingerprint density at radius 1 is 0.850 bits per heavy atom. The fraction of sp³-hybridized carbons (Fsp3) is 0.0667. The van der Waals surface area contributed by atoms with Crippen LogP contribution in [0.25, 0.3) is 0 Å². The number of hydrogen-bond acceptors (Lipinski definition) is 5. The number of benzene rings is 2. The Bertz CT molecular complexity index is 761. The molecule has 5 heteroatoms. The van der Waals surface area contributed by atoms with Gasteiger partial charge in [0.15, 0.2) is 5.78 Å². The molecular formula is C15H10O5. The van der Waals surface area contributed by atoms with Crippen molar-refractivity contribution < 1.29 is 24.9 Å². The van der Waals surface area contributed by atoms with Gasteiger partial charge < -0.3 is 15.3 Å². The number of aliphatic hydroxyl groups is 1. The van der Waals surface area contributed by atoms with Crippen molar-refractivity contribution in [1.82, 2.24) is 0 Å². The molecule has 0 saturated carbocycles. The molecular weight excluding hydrogens is 260 g/mol. The van der Waals surface area contributed by atoms with E-state index < -0.39 is 23.9 Å². The van der Waals surface area contributed by atoms with Gasteiger partial charge in [-0.15, -0.1) is 0 Å². The summed E-state index contributed by atoms with van der Waals surface area (Å²) in [5.74, 6) is -1.79. The van der Waals surface area contributed by atoms with Crippen LogP contribution in [0.3, 0.4) is 0 Å². The van der Waals surface area contributed by atoms with Crippen molar-refractivity contribution in [3.63, 3.8) is 0 Å². The third kappa shape index (κ3) is 1.47. The number of phenolic OH excluding ortho intramolecular Hbond substituents is 1. The average molecular weight is 270 g/mol. The minimum absolute atomic E-state index is 0.0720. The van der Waals surface area contributed by atoms with E-state index in [1.807, 2.05) is 0 Å². The van der Waals surface area contributed by atoms with Crippen molar-refractivity contribution in [3.8, 4) is 11.5 Å². The number of fused-ring (bicyclic) bond motifs is 2. The van der Waals surface area contributed by atoms with E-state index in [4.69, 9.17) is 5.11 Å². The monoisotopic (exact) mass is 270 g/mol. The van der Waals surface area contributed by atoms with Crippen LogP contribution in [0, 0.1) is 0 Å². The van der Waals surface area contributed by atoms with E-state index in [2.05, 4.69) is 0 Å². The number of aliphatic hydroxyl groups excluding tert-OH is 1. The second-order valence-electron chi connectivity index (χ2n) is 4.51. The van der Waals surface area contributed by atoms with Crippen LogP contribution < -0.4 is 0 Å². The van der Waals surface area contributed by atoms with E-state index in [9.17, 15) is 19.8 Å². The maximum Gasteiger partial charge on any atom is 0.201 e. The first-order valence-corrected chi connectivity index (χ1v) is 5.93. The summed E-state index contributed by atoms with van der Waals surface area (Å²) in [5, 5.41) is 28.9. The molecule has 20 heavy (non-hydrogen) atoms. The minimum atomic E-state index is -0.625. The molecule has 2 aromatic rings. The Balaban J connectivity index is 2.36. The Morgan fingerprint density at radius 2 is 1.55 bits per heavy atom. The lowest BCUT2D eigenvalue weighted by Gasteiger charge is -2.20. The maximum atomic E-state index is 12.4. The van der Waals surface area contributed by atoms with E-state index >= 15 is 0 Å². The topological polar surface area (TPSA) is 94.8 Å². The predicted molar refractivity (Wildman–Crippen MR) is 69.0 cm³/mol. The lowest BCUT2D eigenvalue weighted by atomic mass is 9.82. The van der Waals surface area contributed by atoms with Gasteiger partial charge in [-0.05, 0) is 12.1 Å². The fourth-order valence-corrected chi connectivity index (χ4v) is 2.42. The van der Waals surface area contributed by atoms with Crippen LogP contribution in [-0.4, -0.2) is 26.9 Å². The van der Waals surface area contributed by atoms with Crippen LogP contribution in [0.1, 0.15) is 37.4 Å². The van der Waals surface area contributed by atoms with E-state index in [-0.39, 0.29) is 33.6 Å². The molecule has 2 aromatic carbocycles. The number of ketones is 2. The molecule has 1 aliphatic rings. The highest BCUT2D eigenvalue weighted by atomic mass is 16.3. The number of aromatic hydroxyl groups is 2. The molecule has 0 amide bonds. The van der Waals surface area contributed by atoms with Crippen molar-refractivity contribution in [2.75, 3.05) is 0 Å². The van der Waals surface area contributed by atoms with Crippen molar-refractivity contribution in [1.29, 1.82) is 0 Å². The zero-order valence-corrected chi connectivity index (χ0v) is 10.3. The predicted octanol–water partition coefficient (Wildman–Crippen LogP) is 1.37. The molecule has 1 aliphatic carbocycles. The molecule has 0 aromatic heterocycles. The molecule has 100 valence electrons.